The summed E-state index contributed by atoms with van der Waals surface area (Å²) in [5, 5.41) is 0. The molecule has 0 N–H and O–H groups in total. The lowest BCUT2D eigenvalue weighted by Gasteiger charge is -2.28. The molecule has 0 aromatic heterocycles. The molecule has 1 aliphatic heterocycles. The molecular weight excluding hydrogens is 183 g/mol. The van der Waals surface area contributed by atoms with Gasteiger partial charge in [-0.15, -0.1) is 0 Å². The summed E-state index contributed by atoms with van der Waals surface area (Å²) in [5.74, 6) is -1.96. The highest BCUT2D eigenvalue weighted by molar-refractivity contribution is 5.79. The fraction of sp³-hybridized carbons (Fsp3) is 0.909. The number of alkyl halides is 1. The largest absolute Gasteiger partial charge is 0.428 e. The van der Waals surface area contributed by atoms with Crippen LogP contribution in [0.25, 0.3) is 0 Å². The van der Waals surface area contributed by atoms with E-state index in [0.717, 1.165) is 25.7 Å². The second-order valence-electron chi connectivity index (χ2n) is 4.64. The topological polar surface area (TPSA) is 26.3 Å². The van der Waals surface area contributed by atoms with E-state index in [1.54, 1.807) is 6.92 Å². The zero-order valence-corrected chi connectivity index (χ0v) is 8.64. The molecule has 2 aliphatic rings. The fourth-order valence-corrected chi connectivity index (χ4v) is 2.69. The Labute approximate surface area is 83.8 Å². The van der Waals surface area contributed by atoms with Crippen molar-refractivity contribution in [3.05, 3.63) is 0 Å². The molecule has 1 heterocycles. The molecule has 2 nitrogen and oxygen atoms in total. The van der Waals surface area contributed by atoms with Crippen LogP contribution in [-0.2, 0) is 9.53 Å². The van der Waals surface area contributed by atoms with E-state index in [-0.39, 0.29) is 18.8 Å². The van der Waals surface area contributed by atoms with Gasteiger partial charge in [0.2, 0.25) is 0 Å². The molecular formula is C11H17FO2. The van der Waals surface area contributed by atoms with Crippen LogP contribution in [0, 0.1) is 5.41 Å². The van der Waals surface area contributed by atoms with Gasteiger partial charge in [0.15, 0.2) is 0 Å². The average molecular weight is 200 g/mol. The summed E-state index contributed by atoms with van der Waals surface area (Å²) in [5.41, 5.74) is -0.469. The van der Waals surface area contributed by atoms with E-state index >= 15 is 0 Å². The van der Waals surface area contributed by atoms with Crippen LogP contribution in [0.3, 0.4) is 0 Å². The van der Waals surface area contributed by atoms with Crippen LogP contribution in [0.2, 0.25) is 0 Å². The zero-order chi connectivity index (χ0) is 10.2. The highest BCUT2D eigenvalue weighted by Gasteiger charge is 2.56. The minimum absolute atomic E-state index is 0.278. The maximum atomic E-state index is 13.9. The van der Waals surface area contributed by atoms with Crippen LogP contribution < -0.4 is 0 Å². The van der Waals surface area contributed by atoms with Gasteiger partial charge in [0.1, 0.15) is 0 Å². The number of hydrogen-bond acceptors (Lipinski definition) is 2. The Kier molecular flexibility index (Phi) is 2.28. The van der Waals surface area contributed by atoms with Crippen LogP contribution in [-0.4, -0.2) is 11.8 Å². The Morgan fingerprint density at radius 3 is 2.50 bits per heavy atom. The predicted molar refractivity (Wildman–Crippen MR) is 50.4 cm³/mol. The van der Waals surface area contributed by atoms with Crippen molar-refractivity contribution in [3.8, 4) is 0 Å². The lowest BCUT2D eigenvalue weighted by Crippen LogP contribution is -2.29. The quantitative estimate of drug-likeness (QED) is 0.608. The number of rotatable bonds is 1. The first-order valence-corrected chi connectivity index (χ1v) is 5.53. The zero-order valence-electron chi connectivity index (χ0n) is 8.64. The number of halogens is 1. The van der Waals surface area contributed by atoms with E-state index in [0.29, 0.717) is 0 Å². The van der Waals surface area contributed by atoms with E-state index in [2.05, 4.69) is 0 Å². The van der Waals surface area contributed by atoms with E-state index in [1.165, 1.54) is 6.42 Å². The lowest BCUT2D eigenvalue weighted by atomic mass is 9.72. The molecule has 1 atom stereocenters. The van der Waals surface area contributed by atoms with Crippen molar-refractivity contribution < 1.29 is 13.9 Å². The lowest BCUT2D eigenvalue weighted by molar-refractivity contribution is -0.168. The van der Waals surface area contributed by atoms with E-state index in [9.17, 15) is 9.18 Å². The molecule has 1 saturated carbocycles. The monoisotopic (exact) mass is 200 g/mol. The number of ether oxygens (including phenoxy) is 1. The van der Waals surface area contributed by atoms with Crippen molar-refractivity contribution in [1.82, 2.24) is 0 Å². The molecule has 0 bridgehead atoms. The van der Waals surface area contributed by atoms with Crippen LogP contribution in [0.4, 0.5) is 4.39 Å². The third kappa shape index (κ3) is 1.43. The molecule has 1 saturated heterocycles. The summed E-state index contributed by atoms with van der Waals surface area (Å²) in [7, 11) is 0. The normalized spacial score (nSPS) is 36.0. The van der Waals surface area contributed by atoms with Crippen molar-refractivity contribution in [2.24, 2.45) is 5.41 Å². The van der Waals surface area contributed by atoms with Gasteiger partial charge in [-0.2, -0.15) is 4.39 Å². The van der Waals surface area contributed by atoms with Crippen LogP contribution in [0.5, 0.6) is 0 Å². The number of hydrogen-bond donors (Lipinski definition) is 0. The van der Waals surface area contributed by atoms with Gasteiger partial charge in [-0.25, -0.2) is 0 Å². The standard InChI is InChI=1S/C11H17FO2/c1-2-11(12)8-10(9(13)14-11)6-4-3-5-7-10/h2-8H2,1H3. The van der Waals surface area contributed by atoms with Gasteiger partial charge in [-0.05, 0) is 12.8 Å². The van der Waals surface area contributed by atoms with Crippen molar-refractivity contribution in [3.63, 3.8) is 0 Å². The summed E-state index contributed by atoms with van der Waals surface area (Å²) < 4.78 is 18.8. The van der Waals surface area contributed by atoms with Gasteiger partial charge in [0, 0.05) is 12.8 Å². The maximum absolute atomic E-state index is 13.9. The van der Waals surface area contributed by atoms with Gasteiger partial charge in [0.25, 0.3) is 5.85 Å². The van der Waals surface area contributed by atoms with Gasteiger partial charge in [-0.3, -0.25) is 4.79 Å². The minimum atomic E-state index is -1.67. The molecule has 0 amide bonds. The molecule has 2 fully saturated rings. The predicted octanol–water partition coefficient (Wildman–Crippen LogP) is 2.96. The van der Waals surface area contributed by atoms with Crippen molar-refractivity contribution in [2.75, 3.05) is 0 Å². The number of carbonyl (C=O) groups is 1. The molecule has 1 unspecified atom stereocenters. The Morgan fingerprint density at radius 1 is 1.36 bits per heavy atom. The van der Waals surface area contributed by atoms with Crippen LogP contribution in [0.1, 0.15) is 51.9 Å². The molecule has 14 heavy (non-hydrogen) atoms. The van der Waals surface area contributed by atoms with Gasteiger partial charge < -0.3 is 4.74 Å². The Hall–Kier alpha value is -0.600. The van der Waals surface area contributed by atoms with Gasteiger partial charge in [-0.1, -0.05) is 26.2 Å². The molecule has 3 heteroatoms. The highest BCUT2D eigenvalue weighted by Crippen LogP contribution is 2.51. The molecule has 2 rings (SSSR count). The molecule has 0 aromatic rings. The summed E-state index contributed by atoms with van der Waals surface area (Å²) >= 11 is 0. The SMILES string of the molecule is CCC1(F)CC2(CCCCC2)C(=O)O1. The number of cyclic esters (lactones) is 1. The van der Waals surface area contributed by atoms with Gasteiger partial charge >= 0.3 is 5.97 Å². The van der Waals surface area contributed by atoms with E-state index in [1.807, 2.05) is 0 Å². The maximum Gasteiger partial charge on any atom is 0.315 e. The fourth-order valence-electron chi connectivity index (χ4n) is 2.69. The Morgan fingerprint density at radius 2 is 2.00 bits per heavy atom. The second kappa shape index (κ2) is 3.21. The smallest absolute Gasteiger partial charge is 0.315 e. The number of esters is 1. The first-order chi connectivity index (χ1) is 6.60. The highest BCUT2D eigenvalue weighted by atomic mass is 19.2. The van der Waals surface area contributed by atoms with Crippen molar-refractivity contribution in [2.45, 2.75) is 57.7 Å². The van der Waals surface area contributed by atoms with Crippen LogP contribution in [0.15, 0.2) is 0 Å². The number of carbonyl (C=O) groups excluding carboxylic acids is 1. The first-order valence-electron chi connectivity index (χ1n) is 5.53. The average Bonchev–Trinajstić information content (AvgIpc) is 2.41. The Balaban J connectivity index is 2.17. The summed E-state index contributed by atoms with van der Waals surface area (Å²) in [6.07, 6.45) is 5.44. The summed E-state index contributed by atoms with van der Waals surface area (Å²) in [6, 6.07) is 0. The van der Waals surface area contributed by atoms with Crippen molar-refractivity contribution >= 4 is 5.97 Å². The molecule has 1 aliphatic carbocycles. The molecule has 0 aromatic carbocycles. The second-order valence-corrected chi connectivity index (χ2v) is 4.64. The molecule has 0 radical (unpaired) electrons. The molecule has 1 spiro atoms. The van der Waals surface area contributed by atoms with E-state index in [4.69, 9.17) is 4.74 Å². The Bertz CT molecular complexity index is 246. The first kappa shape index (κ1) is 9.94. The van der Waals surface area contributed by atoms with Gasteiger partial charge in [0.05, 0.1) is 5.41 Å². The van der Waals surface area contributed by atoms with E-state index < -0.39 is 11.3 Å². The van der Waals surface area contributed by atoms with Crippen LogP contribution >= 0.6 is 0 Å². The third-order valence-electron chi connectivity index (χ3n) is 3.65. The third-order valence-corrected chi connectivity index (χ3v) is 3.65. The summed E-state index contributed by atoms with van der Waals surface area (Å²) in [4.78, 5) is 11.7. The minimum Gasteiger partial charge on any atom is -0.428 e. The van der Waals surface area contributed by atoms with Crippen molar-refractivity contribution in [1.29, 1.82) is 0 Å². The molecule has 80 valence electrons. The summed E-state index contributed by atoms with van der Waals surface area (Å²) in [6.45, 7) is 1.73.